The Bertz CT molecular complexity index is 5360. The molecule has 0 radical (unpaired) electrons. The summed E-state index contributed by atoms with van der Waals surface area (Å²) in [5.41, 5.74) is 29.8. The van der Waals surface area contributed by atoms with Gasteiger partial charge in [0.15, 0.2) is 0 Å². The molecule has 4 nitrogen and oxygen atoms in total. The van der Waals surface area contributed by atoms with E-state index in [1.165, 1.54) is 94.2 Å². The largest absolute Gasteiger partial charge is 0.309 e. The fourth-order valence-electron chi connectivity index (χ4n) is 15.3. The van der Waals surface area contributed by atoms with Gasteiger partial charge in [-0.1, -0.05) is 214 Å². The number of hydrogen-bond donors (Lipinski definition) is 0. The number of benzene rings is 12. The molecule has 0 fully saturated rings. The van der Waals surface area contributed by atoms with Gasteiger partial charge in [-0.15, -0.1) is 0 Å². The van der Waals surface area contributed by atoms with Crippen LogP contribution in [0.1, 0.15) is 48.6 Å². The van der Waals surface area contributed by atoms with Gasteiger partial charge in [-0.2, -0.15) is 0 Å². The molecule has 0 saturated carbocycles. The molecule has 4 aliphatic rings. The average Bonchev–Trinajstić information content (AvgIpc) is 1.75. The molecule has 0 amide bonds. The standard InChI is InChI=1S/C81H54N4/c1-80(2)67-29-11-7-24-59(67)61-38-34-52(46-70(61)80)50-37-41-77-66(45-50)64-27-10-14-33-75(64)85(77)79-82-72-48-73(83-79)56-22-16-23-57(43-56)84-74-32-13-9-26-63(74)65-44-51(36-40-76(65)84)53-35-39-62-60-25-8-12-30-68(60)81(3,71(62)47-53)69-31-17-28-58(54-20-15-21-55(72)42-54)78(69)49-18-5-4-6-19-49/h4-48H,1-3H3. The van der Waals surface area contributed by atoms with Gasteiger partial charge in [0.25, 0.3) is 0 Å². The first-order chi connectivity index (χ1) is 41.8. The van der Waals surface area contributed by atoms with Gasteiger partial charge in [-0.25, -0.2) is 9.97 Å². The summed E-state index contributed by atoms with van der Waals surface area (Å²) >= 11 is 0. The van der Waals surface area contributed by atoms with Gasteiger partial charge in [-0.3, -0.25) is 4.57 Å². The summed E-state index contributed by atoms with van der Waals surface area (Å²) in [4.78, 5) is 11.4. The third-order valence-electron chi connectivity index (χ3n) is 19.4. The van der Waals surface area contributed by atoms with Crippen LogP contribution in [-0.2, 0) is 10.8 Å². The summed E-state index contributed by atoms with van der Waals surface area (Å²) in [5.74, 6) is 0.611. The second-order valence-corrected chi connectivity index (χ2v) is 24.2. The summed E-state index contributed by atoms with van der Waals surface area (Å²) in [6.45, 7) is 7.17. The molecule has 5 heterocycles. The summed E-state index contributed by atoms with van der Waals surface area (Å²) in [5, 5.41) is 4.72. The first-order valence-corrected chi connectivity index (χ1v) is 29.6. The summed E-state index contributed by atoms with van der Waals surface area (Å²) in [6.07, 6.45) is 0. The Morgan fingerprint density at radius 2 is 0.741 bits per heavy atom. The zero-order valence-electron chi connectivity index (χ0n) is 47.3. The van der Waals surface area contributed by atoms with Gasteiger partial charge in [0.05, 0.1) is 33.5 Å². The van der Waals surface area contributed by atoms with Gasteiger partial charge in [-0.05, 0) is 174 Å². The lowest BCUT2D eigenvalue weighted by molar-refractivity contribution is 0.660. The van der Waals surface area contributed by atoms with Crippen molar-refractivity contribution in [2.45, 2.75) is 31.6 Å². The third-order valence-corrected chi connectivity index (χ3v) is 19.4. The van der Waals surface area contributed by atoms with Crippen molar-refractivity contribution in [3.05, 3.63) is 301 Å². The van der Waals surface area contributed by atoms with E-state index in [0.717, 1.165) is 72.2 Å². The molecule has 4 heteroatoms. The first kappa shape index (κ1) is 47.9. The molecule has 0 spiro atoms. The monoisotopic (exact) mass is 1080 g/mol. The molecule has 3 aromatic heterocycles. The van der Waals surface area contributed by atoms with Gasteiger partial charge in [0, 0.05) is 49.2 Å². The minimum Gasteiger partial charge on any atom is -0.309 e. The molecule has 2 aliphatic carbocycles. The Labute approximate surface area is 493 Å². The molecule has 19 rings (SSSR count). The normalized spacial score (nSPS) is 14.9. The molecular formula is C81H54N4. The predicted molar refractivity (Wildman–Crippen MR) is 352 cm³/mol. The average molecular weight is 1080 g/mol. The number of hydrogen-bond acceptors (Lipinski definition) is 2. The summed E-state index contributed by atoms with van der Waals surface area (Å²) in [7, 11) is 0. The van der Waals surface area contributed by atoms with Crippen molar-refractivity contribution in [3.63, 3.8) is 0 Å². The van der Waals surface area contributed by atoms with Crippen LogP contribution in [0.5, 0.6) is 0 Å². The number of aromatic nitrogens is 4. The fourth-order valence-corrected chi connectivity index (χ4v) is 15.3. The maximum absolute atomic E-state index is 5.69. The molecule has 2 aliphatic heterocycles. The molecule has 1 unspecified atom stereocenters. The highest BCUT2D eigenvalue weighted by atomic mass is 15.2. The lowest BCUT2D eigenvalue weighted by atomic mass is 9.70. The summed E-state index contributed by atoms with van der Waals surface area (Å²) < 4.78 is 4.70. The highest BCUT2D eigenvalue weighted by Gasteiger charge is 2.43. The van der Waals surface area contributed by atoms with Gasteiger partial charge >= 0.3 is 0 Å². The van der Waals surface area contributed by atoms with Crippen LogP contribution < -0.4 is 0 Å². The minimum absolute atomic E-state index is 0.103. The lowest BCUT2D eigenvalue weighted by Crippen LogP contribution is -2.24. The Morgan fingerprint density at radius 1 is 0.271 bits per heavy atom. The topological polar surface area (TPSA) is 35.6 Å². The van der Waals surface area contributed by atoms with Crippen molar-refractivity contribution in [2.24, 2.45) is 0 Å². The van der Waals surface area contributed by atoms with Crippen molar-refractivity contribution in [1.82, 2.24) is 19.1 Å². The Kier molecular flexibility index (Phi) is 9.96. The van der Waals surface area contributed by atoms with E-state index >= 15 is 0 Å². The van der Waals surface area contributed by atoms with E-state index in [1.807, 2.05) is 0 Å². The molecule has 0 saturated heterocycles. The lowest BCUT2D eigenvalue weighted by Gasteiger charge is -2.32. The zero-order valence-corrected chi connectivity index (χ0v) is 47.3. The van der Waals surface area contributed by atoms with Gasteiger partial charge in [0.1, 0.15) is 0 Å². The van der Waals surface area contributed by atoms with E-state index in [9.17, 15) is 0 Å². The molecule has 85 heavy (non-hydrogen) atoms. The first-order valence-electron chi connectivity index (χ1n) is 29.6. The SMILES string of the molecule is CC1(C)c2ccccc2-c2ccc(-c3ccc4c(c3)c3ccccc3n4-c3nc4cc(n3)-c3cccc(c3)-n3c5ccccc5c5cc(ccc53)-c3ccc5c(c3)C(C)(c3ccccc3-5)c3cccc(c3-c3ccccc3)-c3cccc-4c3)cc21. The third kappa shape index (κ3) is 6.85. The highest BCUT2D eigenvalue weighted by Crippen LogP contribution is 2.57. The molecule has 1 atom stereocenters. The second kappa shape index (κ2) is 17.7. The van der Waals surface area contributed by atoms with Crippen LogP contribution in [0.4, 0.5) is 0 Å². The van der Waals surface area contributed by atoms with E-state index in [4.69, 9.17) is 9.97 Å². The van der Waals surface area contributed by atoms with Crippen LogP contribution in [0, 0.1) is 0 Å². The molecule has 398 valence electrons. The maximum atomic E-state index is 5.69. The molecular weight excluding hydrogens is 1030 g/mol. The van der Waals surface area contributed by atoms with Crippen molar-refractivity contribution in [2.75, 3.05) is 0 Å². The zero-order chi connectivity index (χ0) is 56.3. The van der Waals surface area contributed by atoms with Crippen LogP contribution in [-0.4, -0.2) is 19.1 Å². The second-order valence-electron chi connectivity index (χ2n) is 24.2. The van der Waals surface area contributed by atoms with E-state index in [2.05, 4.69) is 303 Å². The van der Waals surface area contributed by atoms with Crippen LogP contribution in [0.3, 0.4) is 0 Å². The Hall–Kier alpha value is -10.7. The Morgan fingerprint density at radius 3 is 1.46 bits per heavy atom. The fraction of sp³-hybridized carbons (Fsp3) is 0.0617. The Balaban J connectivity index is 0.894. The van der Waals surface area contributed by atoms with Crippen molar-refractivity contribution < 1.29 is 0 Å². The van der Waals surface area contributed by atoms with E-state index < -0.39 is 5.41 Å². The van der Waals surface area contributed by atoms with E-state index in [0.29, 0.717) is 5.95 Å². The maximum Gasteiger partial charge on any atom is 0.235 e. The van der Waals surface area contributed by atoms with Crippen LogP contribution in [0.2, 0.25) is 0 Å². The van der Waals surface area contributed by atoms with Crippen LogP contribution in [0.15, 0.2) is 273 Å². The van der Waals surface area contributed by atoms with Crippen molar-refractivity contribution >= 4 is 43.6 Å². The van der Waals surface area contributed by atoms with E-state index in [1.54, 1.807) is 0 Å². The van der Waals surface area contributed by atoms with Gasteiger partial charge in [0.2, 0.25) is 5.95 Å². The smallest absolute Gasteiger partial charge is 0.235 e. The molecule has 15 aromatic rings. The quantitative estimate of drug-likeness (QED) is 0.177. The van der Waals surface area contributed by atoms with Crippen LogP contribution in [0.25, 0.3) is 145 Å². The number of fused-ring (bicyclic) bond motifs is 10. The van der Waals surface area contributed by atoms with Crippen molar-refractivity contribution in [3.8, 4) is 101 Å². The predicted octanol–water partition coefficient (Wildman–Crippen LogP) is 20.6. The number of nitrogens with zero attached hydrogens (tertiary/aromatic N) is 4. The van der Waals surface area contributed by atoms with Gasteiger partial charge < -0.3 is 4.57 Å². The summed E-state index contributed by atoms with van der Waals surface area (Å²) in [6, 6.07) is 102. The van der Waals surface area contributed by atoms with Crippen LogP contribution >= 0.6 is 0 Å². The number of rotatable bonds is 3. The van der Waals surface area contributed by atoms with E-state index in [-0.39, 0.29) is 5.41 Å². The van der Waals surface area contributed by atoms with Crippen molar-refractivity contribution in [1.29, 1.82) is 0 Å². The highest BCUT2D eigenvalue weighted by molar-refractivity contribution is 6.12. The molecule has 14 bridgehead atoms. The molecule has 12 aromatic carbocycles. The number of para-hydroxylation sites is 2. The minimum atomic E-state index is -0.506. The molecule has 0 N–H and O–H groups in total.